The second-order valence-electron chi connectivity index (χ2n) is 5.62. The molecule has 0 aliphatic carbocycles. The maximum atomic E-state index is 12.1. The number of amides is 1. The quantitative estimate of drug-likeness (QED) is 0.739. The van der Waals surface area contributed by atoms with Crippen molar-refractivity contribution in [3.63, 3.8) is 0 Å². The fraction of sp³-hybridized carbons (Fsp3) is 0.375. The van der Waals surface area contributed by atoms with Crippen LogP contribution < -0.4 is 4.80 Å². The van der Waals surface area contributed by atoms with E-state index >= 15 is 0 Å². The molecule has 3 aromatic rings. The van der Waals surface area contributed by atoms with Gasteiger partial charge in [0.15, 0.2) is 10.4 Å². The predicted molar refractivity (Wildman–Crippen MR) is 89.4 cm³/mol. The Balaban J connectivity index is 1.85. The third-order valence-corrected chi connectivity index (χ3v) is 4.70. The minimum atomic E-state index is -0.112. The Morgan fingerprint density at radius 2 is 2.13 bits per heavy atom. The number of rotatable bonds is 3. The van der Waals surface area contributed by atoms with Crippen LogP contribution in [0, 0.1) is 20.8 Å². The Morgan fingerprint density at radius 3 is 2.83 bits per heavy atom. The zero-order chi connectivity index (χ0) is 16.6. The summed E-state index contributed by atoms with van der Waals surface area (Å²) in [6, 6.07) is 1.96. The van der Waals surface area contributed by atoms with E-state index in [1.54, 1.807) is 0 Å². The van der Waals surface area contributed by atoms with Crippen LogP contribution in [0.1, 0.15) is 29.1 Å². The van der Waals surface area contributed by atoms with Gasteiger partial charge in [-0.1, -0.05) is 0 Å². The molecule has 3 heterocycles. The van der Waals surface area contributed by atoms with E-state index in [1.165, 1.54) is 11.3 Å². The van der Waals surface area contributed by atoms with E-state index in [1.807, 2.05) is 54.5 Å². The normalized spacial score (nSPS) is 12.3. The lowest BCUT2D eigenvalue weighted by molar-refractivity contribution is -0.118. The van der Waals surface area contributed by atoms with E-state index < -0.39 is 0 Å². The van der Waals surface area contributed by atoms with Gasteiger partial charge in [0.1, 0.15) is 0 Å². The summed E-state index contributed by atoms with van der Waals surface area (Å²) in [5.41, 5.74) is 4.84. The summed E-state index contributed by atoms with van der Waals surface area (Å²) in [7, 11) is 1.88. The van der Waals surface area contributed by atoms with Crippen molar-refractivity contribution in [2.24, 2.45) is 12.0 Å². The SMILES string of the molecule is Cc1cc2nc(C)c(CCC(=O)N=c3sccn3C)c(C)n2n1. The Kier molecular flexibility index (Phi) is 4.12. The first-order chi connectivity index (χ1) is 11.0. The predicted octanol–water partition coefficient (Wildman–Crippen LogP) is 2.11. The van der Waals surface area contributed by atoms with Crippen molar-refractivity contribution < 1.29 is 4.79 Å². The number of carbonyl (C=O) groups excluding carboxylic acids is 1. The number of fused-ring (bicyclic) bond motifs is 1. The summed E-state index contributed by atoms with van der Waals surface area (Å²) in [6.45, 7) is 5.95. The van der Waals surface area contributed by atoms with Crippen molar-refractivity contribution in [3.05, 3.63) is 45.1 Å². The standard InChI is InChI=1S/C16H19N5OS/c1-10-9-14-17-11(2)13(12(3)21(14)19-10)5-6-15(22)18-16-20(4)7-8-23-16/h7-9H,5-6H2,1-4H3. The minimum Gasteiger partial charge on any atom is -0.327 e. The number of hydrogen-bond donors (Lipinski definition) is 0. The van der Waals surface area contributed by atoms with Crippen molar-refractivity contribution >= 4 is 22.9 Å². The van der Waals surface area contributed by atoms with Gasteiger partial charge < -0.3 is 4.57 Å². The first-order valence-corrected chi connectivity index (χ1v) is 8.34. The van der Waals surface area contributed by atoms with Gasteiger partial charge in [0, 0.05) is 42.5 Å². The van der Waals surface area contributed by atoms with Crippen LogP contribution in [0.4, 0.5) is 0 Å². The number of thiazole rings is 1. The molecule has 0 N–H and O–H groups in total. The van der Waals surface area contributed by atoms with Crippen molar-refractivity contribution in [3.8, 4) is 0 Å². The van der Waals surface area contributed by atoms with Crippen molar-refractivity contribution in [2.45, 2.75) is 33.6 Å². The van der Waals surface area contributed by atoms with Gasteiger partial charge in [0.05, 0.1) is 5.69 Å². The number of carbonyl (C=O) groups is 1. The van der Waals surface area contributed by atoms with Gasteiger partial charge in [0.2, 0.25) is 5.91 Å². The first kappa shape index (κ1) is 15.6. The van der Waals surface area contributed by atoms with Crippen LogP contribution >= 0.6 is 11.3 Å². The molecule has 0 saturated heterocycles. The summed E-state index contributed by atoms with van der Waals surface area (Å²) in [4.78, 5) is 21.6. The lowest BCUT2D eigenvalue weighted by Crippen LogP contribution is -2.13. The molecule has 0 aliphatic heterocycles. The van der Waals surface area contributed by atoms with Crippen LogP contribution in [-0.4, -0.2) is 25.1 Å². The highest BCUT2D eigenvalue weighted by Gasteiger charge is 2.12. The van der Waals surface area contributed by atoms with E-state index in [0.29, 0.717) is 12.8 Å². The van der Waals surface area contributed by atoms with Gasteiger partial charge in [-0.25, -0.2) is 9.50 Å². The molecule has 0 aliphatic rings. The molecule has 1 amide bonds. The van der Waals surface area contributed by atoms with Crippen LogP contribution in [0.15, 0.2) is 22.6 Å². The van der Waals surface area contributed by atoms with E-state index in [2.05, 4.69) is 15.1 Å². The molecule has 3 aromatic heterocycles. The van der Waals surface area contributed by atoms with Crippen molar-refractivity contribution in [1.29, 1.82) is 0 Å². The molecule has 3 rings (SSSR count). The summed E-state index contributed by atoms with van der Waals surface area (Å²) in [6.07, 6.45) is 2.88. The molecule has 0 atom stereocenters. The van der Waals surface area contributed by atoms with Gasteiger partial charge >= 0.3 is 0 Å². The molecule has 0 spiro atoms. The highest BCUT2D eigenvalue weighted by Crippen LogP contribution is 2.17. The Labute approximate surface area is 138 Å². The van der Waals surface area contributed by atoms with Gasteiger partial charge in [-0.15, -0.1) is 11.3 Å². The van der Waals surface area contributed by atoms with Crippen LogP contribution in [0.3, 0.4) is 0 Å². The molecular formula is C16H19N5OS. The summed E-state index contributed by atoms with van der Waals surface area (Å²) in [5.74, 6) is -0.112. The van der Waals surface area contributed by atoms with Gasteiger partial charge in [0.25, 0.3) is 0 Å². The van der Waals surface area contributed by atoms with Gasteiger partial charge in [-0.2, -0.15) is 10.1 Å². The average Bonchev–Trinajstić information content (AvgIpc) is 3.04. The van der Waals surface area contributed by atoms with Crippen molar-refractivity contribution in [1.82, 2.24) is 19.2 Å². The highest BCUT2D eigenvalue weighted by molar-refractivity contribution is 7.07. The van der Waals surface area contributed by atoms with Crippen molar-refractivity contribution in [2.75, 3.05) is 0 Å². The monoisotopic (exact) mass is 329 g/mol. The molecule has 0 aromatic carbocycles. The number of aryl methyl sites for hydroxylation is 4. The molecular weight excluding hydrogens is 310 g/mol. The smallest absolute Gasteiger partial charge is 0.248 e. The Morgan fingerprint density at radius 1 is 1.35 bits per heavy atom. The molecule has 23 heavy (non-hydrogen) atoms. The van der Waals surface area contributed by atoms with E-state index in [9.17, 15) is 4.79 Å². The van der Waals surface area contributed by atoms with Crippen LogP contribution in [-0.2, 0) is 18.3 Å². The topological polar surface area (TPSA) is 64.5 Å². The van der Waals surface area contributed by atoms with E-state index in [4.69, 9.17) is 0 Å². The molecule has 7 heteroatoms. The fourth-order valence-electron chi connectivity index (χ4n) is 2.63. The maximum absolute atomic E-state index is 12.1. The zero-order valence-electron chi connectivity index (χ0n) is 13.7. The minimum absolute atomic E-state index is 0.112. The van der Waals surface area contributed by atoms with Crippen LogP contribution in [0.2, 0.25) is 0 Å². The summed E-state index contributed by atoms with van der Waals surface area (Å²) >= 11 is 1.46. The Hall–Kier alpha value is -2.28. The molecule has 120 valence electrons. The van der Waals surface area contributed by atoms with Crippen LogP contribution in [0.5, 0.6) is 0 Å². The van der Waals surface area contributed by atoms with Gasteiger partial charge in [-0.3, -0.25) is 4.79 Å². The lowest BCUT2D eigenvalue weighted by Gasteiger charge is -2.09. The molecule has 0 fully saturated rings. The number of nitrogens with zero attached hydrogens (tertiary/aromatic N) is 5. The third-order valence-electron chi connectivity index (χ3n) is 3.86. The largest absolute Gasteiger partial charge is 0.327 e. The summed E-state index contributed by atoms with van der Waals surface area (Å²) < 4.78 is 3.69. The fourth-order valence-corrected chi connectivity index (χ4v) is 3.38. The molecule has 0 unspecified atom stereocenters. The molecule has 0 radical (unpaired) electrons. The Bertz CT molecular complexity index is 947. The second-order valence-corrected chi connectivity index (χ2v) is 6.49. The number of aromatic nitrogens is 4. The maximum Gasteiger partial charge on any atom is 0.248 e. The third kappa shape index (κ3) is 3.10. The first-order valence-electron chi connectivity index (χ1n) is 7.46. The van der Waals surface area contributed by atoms with Crippen LogP contribution in [0.25, 0.3) is 5.65 Å². The molecule has 6 nitrogen and oxygen atoms in total. The van der Waals surface area contributed by atoms with E-state index in [0.717, 1.165) is 33.1 Å². The highest BCUT2D eigenvalue weighted by atomic mass is 32.1. The lowest BCUT2D eigenvalue weighted by atomic mass is 10.1. The zero-order valence-corrected chi connectivity index (χ0v) is 14.5. The second kappa shape index (κ2) is 6.08. The average molecular weight is 329 g/mol. The molecule has 0 bridgehead atoms. The number of hydrogen-bond acceptors (Lipinski definition) is 4. The molecule has 0 saturated carbocycles. The van der Waals surface area contributed by atoms with Gasteiger partial charge in [-0.05, 0) is 32.8 Å². The van der Waals surface area contributed by atoms with E-state index in [-0.39, 0.29) is 5.91 Å². The summed E-state index contributed by atoms with van der Waals surface area (Å²) in [5, 5.41) is 6.37.